The van der Waals surface area contributed by atoms with Crippen LogP contribution >= 0.6 is 11.6 Å². The Kier molecular flexibility index (Phi) is 6.31. The van der Waals surface area contributed by atoms with Gasteiger partial charge in [0.1, 0.15) is 0 Å². The molecule has 0 unspecified atom stereocenters. The molecule has 0 amide bonds. The fraction of sp³-hybridized carbons (Fsp3) is 0.0714. The molecule has 0 fully saturated rings. The van der Waals surface area contributed by atoms with Crippen molar-refractivity contribution in [3.63, 3.8) is 0 Å². The smallest absolute Gasteiger partial charge is 0.545 e. The zero-order valence-corrected chi connectivity index (χ0v) is 14.1. The third-order valence-electron chi connectivity index (χ3n) is 2.67. The van der Waals surface area contributed by atoms with Crippen LogP contribution in [0.4, 0.5) is 24.5 Å². The van der Waals surface area contributed by atoms with Crippen molar-refractivity contribution < 1.29 is 52.6 Å². The van der Waals surface area contributed by atoms with Crippen LogP contribution in [0.2, 0.25) is 5.02 Å². The van der Waals surface area contributed by atoms with Gasteiger partial charge in [0, 0.05) is 22.0 Å². The molecule has 0 saturated heterocycles. The molecule has 22 heavy (non-hydrogen) atoms. The Hall–Kier alpha value is -1.21. The van der Waals surface area contributed by atoms with E-state index in [0.717, 1.165) is 12.1 Å². The third kappa shape index (κ3) is 4.64. The van der Waals surface area contributed by atoms with Crippen LogP contribution in [0.15, 0.2) is 42.5 Å². The van der Waals surface area contributed by atoms with E-state index in [-0.39, 0.29) is 51.5 Å². The summed E-state index contributed by atoms with van der Waals surface area (Å²) in [5, 5.41) is 13.8. The van der Waals surface area contributed by atoms with Crippen molar-refractivity contribution in [1.82, 2.24) is 0 Å². The van der Waals surface area contributed by atoms with Crippen LogP contribution in [0.3, 0.4) is 0 Å². The number of nitrogens with one attached hydrogen (secondary N) is 1. The molecule has 0 aliphatic rings. The summed E-state index contributed by atoms with van der Waals surface area (Å²) in [5.41, 5.74) is -0.891. The Morgan fingerprint density at radius 2 is 1.82 bits per heavy atom. The molecule has 0 radical (unpaired) electrons. The second kappa shape index (κ2) is 7.37. The Morgan fingerprint density at radius 1 is 1.14 bits per heavy atom. The van der Waals surface area contributed by atoms with E-state index in [0.29, 0.717) is 0 Å². The number of aromatic carboxylic acids is 1. The van der Waals surface area contributed by atoms with E-state index in [1.807, 2.05) is 0 Å². The summed E-state index contributed by atoms with van der Waals surface area (Å²) >= 11 is 5.76. The summed E-state index contributed by atoms with van der Waals surface area (Å²) in [7, 11) is 0. The van der Waals surface area contributed by atoms with Crippen molar-refractivity contribution in [2.24, 2.45) is 0 Å². The van der Waals surface area contributed by atoms with Gasteiger partial charge in [-0.1, -0.05) is 17.7 Å². The first-order valence-corrected chi connectivity index (χ1v) is 6.10. The average Bonchev–Trinajstić information content (AvgIpc) is 2.37. The first kappa shape index (κ1) is 18.8. The fourth-order valence-corrected chi connectivity index (χ4v) is 1.90. The SMILES string of the molecule is O=C([O-])c1ccc(Cl)cc1Nc1cccc(C(F)(F)F)c1.[Na+]. The Balaban J connectivity index is 0.00000242. The van der Waals surface area contributed by atoms with Crippen LogP contribution in [0.25, 0.3) is 0 Å². The number of carbonyl (C=O) groups excluding carboxylic acids is 1. The number of halogens is 4. The second-order valence-electron chi connectivity index (χ2n) is 4.18. The van der Waals surface area contributed by atoms with Crippen LogP contribution in [-0.4, -0.2) is 5.97 Å². The maximum Gasteiger partial charge on any atom is 1.00 e. The van der Waals surface area contributed by atoms with Crippen LogP contribution < -0.4 is 40.0 Å². The number of benzene rings is 2. The predicted octanol–water partition coefficient (Wildman–Crippen LogP) is 0.470. The molecule has 2 aromatic carbocycles. The van der Waals surface area contributed by atoms with Crippen LogP contribution in [0, 0.1) is 0 Å². The van der Waals surface area contributed by atoms with Gasteiger partial charge in [-0.2, -0.15) is 13.2 Å². The van der Waals surface area contributed by atoms with E-state index in [1.54, 1.807) is 0 Å². The van der Waals surface area contributed by atoms with Gasteiger partial charge in [0.2, 0.25) is 0 Å². The minimum Gasteiger partial charge on any atom is -0.545 e. The van der Waals surface area contributed by atoms with E-state index >= 15 is 0 Å². The van der Waals surface area contributed by atoms with Crippen molar-refractivity contribution in [1.29, 1.82) is 0 Å². The zero-order chi connectivity index (χ0) is 15.6. The quantitative estimate of drug-likeness (QED) is 0.829. The van der Waals surface area contributed by atoms with Gasteiger partial charge in [0.25, 0.3) is 0 Å². The summed E-state index contributed by atoms with van der Waals surface area (Å²) in [4.78, 5) is 11.0. The fourth-order valence-electron chi connectivity index (χ4n) is 1.73. The minimum atomic E-state index is -4.48. The van der Waals surface area contributed by atoms with Crippen molar-refractivity contribution in [2.45, 2.75) is 6.18 Å². The molecule has 2 rings (SSSR count). The summed E-state index contributed by atoms with van der Waals surface area (Å²) in [5.74, 6) is -1.46. The van der Waals surface area contributed by atoms with Crippen molar-refractivity contribution in [2.75, 3.05) is 5.32 Å². The first-order valence-electron chi connectivity index (χ1n) is 5.72. The van der Waals surface area contributed by atoms with Gasteiger partial charge in [0.15, 0.2) is 0 Å². The molecule has 1 N–H and O–H groups in total. The van der Waals surface area contributed by atoms with Crippen LogP contribution in [-0.2, 0) is 6.18 Å². The van der Waals surface area contributed by atoms with Crippen molar-refractivity contribution in [3.8, 4) is 0 Å². The molecule has 0 spiro atoms. The van der Waals surface area contributed by atoms with Crippen molar-refractivity contribution in [3.05, 3.63) is 58.6 Å². The minimum absolute atomic E-state index is 0. The van der Waals surface area contributed by atoms with Gasteiger partial charge in [-0.15, -0.1) is 0 Å². The maximum atomic E-state index is 12.6. The number of carbonyl (C=O) groups is 1. The van der Waals surface area contributed by atoms with Gasteiger partial charge in [-0.05, 0) is 36.4 Å². The number of alkyl halides is 3. The number of anilines is 2. The van der Waals surface area contributed by atoms with Gasteiger partial charge >= 0.3 is 35.7 Å². The number of rotatable bonds is 3. The molecular weight excluding hydrogens is 330 g/mol. The van der Waals surface area contributed by atoms with Gasteiger partial charge in [0.05, 0.1) is 11.5 Å². The van der Waals surface area contributed by atoms with Crippen LogP contribution in [0.5, 0.6) is 0 Å². The number of hydrogen-bond acceptors (Lipinski definition) is 3. The zero-order valence-electron chi connectivity index (χ0n) is 11.4. The Morgan fingerprint density at radius 3 is 2.41 bits per heavy atom. The summed E-state index contributed by atoms with van der Waals surface area (Å²) < 4.78 is 37.9. The van der Waals surface area contributed by atoms with E-state index in [4.69, 9.17) is 11.6 Å². The van der Waals surface area contributed by atoms with Crippen molar-refractivity contribution >= 4 is 28.9 Å². The molecule has 2 aromatic rings. The molecule has 0 bridgehead atoms. The average molecular weight is 338 g/mol. The maximum absolute atomic E-state index is 12.6. The Bertz CT molecular complexity index is 692. The largest absolute Gasteiger partial charge is 1.00 e. The summed E-state index contributed by atoms with van der Waals surface area (Å²) in [6.45, 7) is 0. The molecule has 0 heterocycles. The monoisotopic (exact) mass is 337 g/mol. The number of carboxylic acids is 1. The second-order valence-corrected chi connectivity index (χ2v) is 4.62. The van der Waals surface area contributed by atoms with E-state index < -0.39 is 17.7 Å². The van der Waals surface area contributed by atoms with E-state index in [2.05, 4.69) is 5.32 Å². The summed E-state index contributed by atoms with van der Waals surface area (Å²) in [6.07, 6.45) is -4.48. The normalized spacial score (nSPS) is 10.7. The van der Waals surface area contributed by atoms with Gasteiger partial charge in [-0.3, -0.25) is 0 Å². The molecule has 3 nitrogen and oxygen atoms in total. The van der Waals surface area contributed by atoms with Gasteiger partial charge in [-0.25, -0.2) is 0 Å². The standard InChI is InChI=1S/C14H9ClF3NO2.Na/c15-9-4-5-11(13(20)21)12(7-9)19-10-3-1-2-8(6-10)14(16,17)18;/h1-7,19H,(H,20,21);/q;+1/p-1. The summed E-state index contributed by atoms with van der Waals surface area (Å²) in [6, 6.07) is 8.26. The molecular formula is C14H8ClF3NNaO2. The molecule has 8 heteroatoms. The first-order chi connectivity index (χ1) is 9.77. The number of carboxylic acid groups (broad SMARTS) is 1. The molecule has 0 atom stereocenters. The van der Waals surface area contributed by atoms with Crippen LogP contribution in [0.1, 0.15) is 15.9 Å². The molecule has 110 valence electrons. The number of hydrogen-bond donors (Lipinski definition) is 1. The predicted molar refractivity (Wildman–Crippen MR) is 70.5 cm³/mol. The topological polar surface area (TPSA) is 52.2 Å². The van der Waals surface area contributed by atoms with E-state index in [9.17, 15) is 23.1 Å². The van der Waals surface area contributed by atoms with E-state index in [1.165, 1.54) is 30.3 Å². The molecule has 0 aliphatic heterocycles. The third-order valence-corrected chi connectivity index (χ3v) is 2.91. The molecule has 0 aromatic heterocycles. The molecule has 0 saturated carbocycles. The molecule has 0 aliphatic carbocycles. The van der Waals surface area contributed by atoms with Gasteiger partial charge < -0.3 is 15.2 Å². The Labute approximate surface area is 151 Å².